The van der Waals surface area contributed by atoms with Gasteiger partial charge in [0.2, 0.25) is 0 Å². The van der Waals surface area contributed by atoms with Crippen LogP contribution in [0.2, 0.25) is 0 Å². The molecule has 1 amide bonds. The molecule has 0 aromatic heterocycles. The molecule has 3 aromatic rings. The van der Waals surface area contributed by atoms with Gasteiger partial charge in [0.15, 0.2) is 0 Å². The molecule has 1 unspecified atom stereocenters. The molecule has 0 spiro atoms. The number of ketones is 1. The first-order chi connectivity index (χ1) is 17.8. The first-order valence-electron chi connectivity index (χ1n) is 13.1. The number of carbonyl (C=O) groups is 2. The van der Waals surface area contributed by atoms with Gasteiger partial charge in [0, 0.05) is 11.3 Å². The second-order valence-electron chi connectivity index (χ2n) is 11.8. The summed E-state index contributed by atoms with van der Waals surface area (Å²) in [6.45, 7) is 15.2. The Morgan fingerprint density at radius 2 is 1.29 bits per heavy atom. The Bertz CT molecular complexity index is 1350. The first kappa shape index (κ1) is 27.2. The fourth-order valence-corrected chi connectivity index (χ4v) is 4.73. The van der Waals surface area contributed by atoms with E-state index in [9.17, 15) is 14.7 Å². The average Bonchev–Trinajstić information content (AvgIpc) is 3.13. The molecule has 4 rings (SSSR count). The van der Waals surface area contributed by atoms with Crippen molar-refractivity contribution in [3.63, 3.8) is 0 Å². The predicted molar refractivity (Wildman–Crippen MR) is 153 cm³/mol. The number of aliphatic hydroxyl groups excluding tert-OH is 1. The Labute approximate surface area is 225 Å². The van der Waals surface area contributed by atoms with Crippen LogP contribution in [-0.4, -0.2) is 23.4 Å². The number of carbonyl (C=O) groups excluding carboxylic acids is 2. The summed E-state index contributed by atoms with van der Waals surface area (Å²) in [6.07, 6.45) is 0. The smallest absolute Gasteiger partial charge is 0.300 e. The minimum Gasteiger partial charge on any atom is -0.507 e. The number of rotatable bonds is 5. The minimum atomic E-state index is -0.768. The molecule has 38 heavy (non-hydrogen) atoms. The number of hydrogen-bond acceptors (Lipinski definition) is 4. The zero-order valence-corrected chi connectivity index (χ0v) is 23.3. The lowest BCUT2D eigenvalue weighted by molar-refractivity contribution is -0.132. The molecule has 1 heterocycles. The number of aliphatic hydroxyl groups is 1. The number of amides is 1. The van der Waals surface area contributed by atoms with Crippen LogP contribution in [0, 0.1) is 0 Å². The van der Waals surface area contributed by atoms with Gasteiger partial charge in [-0.3, -0.25) is 14.5 Å². The number of benzene rings is 3. The van der Waals surface area contributed by atoms with Gasteiger partial charge >= 0.3 is 0 Å². The molecule has 1 saturated heterocycles. The number of hydrogen-bond donors (Lipinski definition) is 1. The van der Waals surface area contributed by atoms with Crippen molar-refractivity contribution in [1.82, 2.24) is 0 Å². The largest absolute Gasteiger partial charge is 0.507 e. The summed E-state index contributed by atoms with van der Waals surface area (Å²) >= 11 is 0. The number of nitrogens with zero attached hydrogens (tertiary/aromatic N) is 1. The fourth-order valence-electron chi connectivity index (χ4n) is 4.73. The van der Waals surface area contributed by atoms with Crippen molar-refractivity contribution in [1.29, 1.82) is 0 Å². The average molecular weight is 512 g/mol. The summed E-state index contributed by atoms with van der Waals surface area (Å²) in [4.78, 5) is 28.5. The van der Waals surface area contributed by atoms with Gasteiger partial charge in [0.05, 0.1) is 18.2 Å². The van der Waals surface area contributed by atoms with Crippen molar-refractivity contribution in [2.45, 2.75) is 65.3 Å². The van der Waals surface area contributed by atoms with Crippen molar-refractivity contribution in [3.8, 4) is 5.75 Å². The summed E-state index contributed by atoms with van der Waals surface area (Å²) in [5.74, 6) is -0.907. The minimum absolute atomic E-state index is 0.0502. The van der Waals surface area contributed by atoms with E-state index in [0.29, 0.717) is 23.6 Å². The van der Waals surface area contributed by atoms with Crippen molar-refractivity contribution < 1.29 is 19.4 Å². The van der Waals surface area contributed by atoms with Crippen LogP contribution in [0.25, 0.3) is 5.76 Å². The summed E-state index contributed by atoms with van der Waals surface area (Å²) < 4.78 is 5.51. The standard InChI is InChI=1S/C33H37NO4/c1-8-38-26-19-11-22(12-20-26)29(35)27-28(21-9-13-23(14-10-21)32(2,3)4)34(31(37)30(27)36)25-17-15-24(16-18-25)33(5,6)7/h9-20,28,35H,8H2,1-7H3/b29-27-. The third-order valence-corrected chi connectivity index (χ3v) is 6.99. The molecule has 5 nitrogen and oxygen atoms in total. The van der Waals surface area contributed by atoms with Crippen LogP contribution in [0.15, 0.2) is 78.4 Å². The third kappa shape index (κ3) is 5.24. The highest BCUT2D eigenvalue weighted by Gasteiger charge is 2.47. The molecule has 5 heteroatoms. The molecule has 3 aromatic carbocycles. The van der Waals surface area contributed by atoms with Gasteiger partial charge in [-0.15, -0.1) is 0 Å². The van der Waals surface area contributed by atoms with E-state index in [4.69, 9.17) is 4.74 Å². The highest BCUT2D eigenvalue weighted by atomic mass is 16.5. The normalized spacial score (nSPS) is 17.7. The van der Waals surface area contributed by atoms with Gasteiger partial charge in [0.25, 0.3) is 11.7 Å². The molecular weight excluding hydrogens is 474 g/mol. The summed E-state index contributed by atoms with van der Waals surface area (Å²) in [6, 6.07) is 21.8. The van der Waals surface area contributed by atoms with E-state index in [2.05, 4.69) is 41.5 Å². The van der Waals surface area contributed by atoms with Crippen molar-refractivity contribution in [3.05, 3.63) is 101 Å². The Hall–Kier alpha value is -3.86. The van der Waals surface area contributed by atoms with E-state index < -0.39 is 17.7 Å². The lowest BCUT2D eigenvalue weighted by atomic mass is 9.85. The summed E-state index contributed by atoms with van der Waals surface area (Å²) in [5, 5.41) is 11.4. The Balaban J connectivity index is 1.87. The molecule has 198 valence electrons. The first-order valence-corrected chi connectivity index (χ1v) is 13.1. The molecule has 0 bridgehead atoms. The second-order valence-corrected chi connectivity index (χ2v) is 11.8. The molecule has 1 aliphatic heterocycles. The molecule has 0 radical (unpaired) electrons. The molecule has 0 saturated carbocycles. The molecular formula is C33H37NO4. The molecule has 1 fully saturated rings. The molecule has 1 N–H and O–H groups in total. The summed E-state index contributed by atoms with van der Waals surface area (Å²) in [7, 11) is 0. The zero-order chi connectivity index (χ0) is 27.8. The SMILES string of the molecule is CCOc1ccc(/C(O)=C2/C(=O)C(=O)N(c3ccc(C(C)(C)C)cc3)C2c2ccc(C(C)(C)C)cc2)cc1. The Morgan fingerprint density at radius 3 is 1.76 bits per heavy atom. The van der Waals surface area contributed by atoms with Gasteiger partial charge in [-0.05, 0) is 70.8 Å². The molecule has 1 aliphatic rings. The zero-order valence-electron chi connectivity index (χ0n) is 23.3. The fraction of sp³-hybridized carbons (Fsp3) is 0.333. The topological polar surface area (TPSA) is 66.8 Å². The van der Waals surface area contributed by atoms with Crippen LogP contribution in [0.4, 0.5) is 5.69 Å². The van der Waals surface area contributed by atoms with E-state index >= 15 is 0 Å². The number of anilines is 1. The van der Waals surface area contributed by atoms with Gasteiger partial charge in [-0.1, -0.05) is 77.9 Å². The van der Waals surface area contributed by atoms with Crippen LogP contribution < -0.4 is 9.64 Å². The van der Waals surface area contributed by atoms with E-state index in [0.717, 1.165) is 16.7 Å². The van der Waals surface area contributed by atoms with E-state index in [1.165, 1.54) is 4.90 Å². The van der Waals surface area contributed by atoms with Crippen LogP contribution in [0.1, 0.15) is 76.8 Å². The van der Waals surface area contributed by atoms with Crippen LogP contribution in [0.5, 0.6) is 5.75 Å². The second kappa shape index (κ2) is 10.1. The maximum atomic E-state index is 13.5. The summed E-state index contributed by atoms with van der Waals surface area (Å²) in [5.41, 5.74) is 4.04. The lowest BCUT2D eigenvalue weighted by Crippen LogP contribution is -2.29. The third-order valence-electron chi connectivity index (χ3n) is 6.99. The number of Topliss-reactive ketones (excluding diaryl/α,β-unsaturated/α-hetero) is 1. The predicted octanol–water partition coefficient (Wildman–Crippen LogP) is 7.31. The van der Waals surface area contributed by atoms with Gasteiger partial charge in [-0.25, -0.2) is 0 Å². The van der Waals surface area contributed by atoms with Gasteiger partial charge in [-0.2, -0.15) is 0 Å². The van der Waals surface area contributed by atoms with Crippen molar-refractivity contribution >= 4 is 23.1 Å². The van der Waals surface area contributed by atoms with Crippen molar-refractivity contribution in [2.24, 2.45) is 0 Å². The highest BCUT2D eigenvalue weighted by molar-refractivity contribution is 6.51. The maximum absolute atomic E-state index is 13.5. The quantitative estimate of drug-likeness (QED) is 0.222. The Kier molecular flexibility index (Phi) is 7.24. The van der Waals surface area contributed by atoms with Crippen LogP contribution in [0.3, 0.4) is 0 Å². The highest BCUT2D eigenvalue weighted by Crippen LogP contribution is 2.43. The van der Waals surface area contributed by atoms with Crippen LogP contribution >= 0.6 is 0 Å². The van der Waals surface area contributed by atoms with Gasteiger partial charge < -0.3 is 9.84 Å². The van der Waals surface area contributed by atoms with E-state index in [1.807, 2.05) is 55.5 Å². The molecule has 1 atom stereocenters. The van der Waals surface area contributed by atoms with Crippen LogP contribution in [-0.2, 0) is 20.4 Å². The van der Waals surface area contributed by atoms with Gasteiger partial charge in [0.1, 0.15) is 11.5 Å². The van der Waals surface area contributed by atoms with E-state index in [-0.39, 0.29) is 22.2 Å². The monoisotopic (exact) mass is 511 g/mol. The van der Waals surface area contributed by atoms with E-state index in [1.54, 1.807) is 24.3 Å². The lowest BCUT2D eigenvalue weighted by Gasteiger charge is -2.27. The Morgan fingerprint density at radius 1 is 0.789 bits per heavy atom. The van der Waals surface area contributed by atoms with Crippen molar-refractivity contribution in [2.75, 3.05) is 11.5 Å². The maximum Gasteiger partial charge on any atom is 0.300 e. The number of ether oxygens (including phenoxy) is 1. The molecule has 0 aliphatic carbocycles.